The second-order valence-corrected chi connectivity index (χ2v) is 5.57. The van der Waals surface area contributed by atoms with E-state index in [1.165, 1.54) is 16.5 Å². The number of carbonyl (C=O) groups is 2. The van der Waals surface area contributed by atoms with Crippen molar-refractivity contribution in [1.29, 1.82) is 0 Å². The molecule has 2 amide bonds. The second-order valence-electron chi connectivity index (χ2n) is 5.57. The number of nitrogens with zero attached hydrogens (tertiary/aromatic N) is 3. The highest BCUT2D eigenvalue weighted by Gasteiger charge is 2.50. The maximum Gasteiger partial charge on any atom is 0.405 e. The van der Waals surface area contributed by atoms with Crippen molar-refractivity contribution in [2.75, 3.05) is 13.1 Å². The van der Waals surface area contributed by atoms with E-state index in [1.54, 1.807) is 20.0 Å². The Kier molecular flexibility index (Phi) is 3.92. The standard InChI is InChI=1S/C13H17F3N4O2/c1-8-6-9(18-19(8)3)10(21)20-5-4-12(20,2)11(22)17-7-13(14,15)16/h6H,4-5,7H2,1-3H3,(H,17,22). The average molecular weight is 318 g/mol. The Morgan fingerprint density at radius 3 is 2.50 bits per heavy atom. The summed E-state index contributed by atoms with van der Waals surface area (Å²) in [6.45, 7) is 2.13. The molecule has 0 radical (unpaired) electrons. The van der Waals surface area contributed by atoms with Crippen LogP contribution in [0.2, 0.25) is 0 Å². The van der Waals surface area contributed by atoms with Gasteiger partial charge in [-0.05, 0) is 26.3 Å². The van der Waals surface area contributed by atoms with Gasteiger partial charge in [0.15, 0.2) is 5.69 Å². The van der Waals surface area contributed by atoms with Crippen LogP contribution >= 0.6 is 0 Å². The first kappa shape index (κ1) is 16.3. The molecule has 2 heterocycles. The first-order chi connectivity index (χ1) is 10.0. The number of aromatic nitrogens is 2. The lowest BCUT2D eigenvalue weighted by Crippen LogP contribution is -2.67. The molecule has 0 spiro atoms. The third-order valence-corrected chi connectivity index (χ3v) is 3.93. The highest BCUT2D eigenvalue weighted by molar-refractivity contribution is 5.99. The van der Waals surface area contributed by atoms with E-state index in [0.717, 1.165) is 5.69 Å². The molecular weight excluding hydrogens is 301 g/mol. The molecule has 1 aromatic heterocycles. The fraction of sp³-hybridized carbons (Fsp3) is 0.615. The minimum Gasteiger partial charge on any atom is -0.345 e. The lowest BCUT2D eigenvalue weighted by Gasteiger charge is -2.48. The summed E-state index contributed by atoms with van der Waals surface area (Å²) < 4.78 is 38.1. The van der Waals surface area contributed by atoms with E-state index in [0.29, 0.717) is 13.0 Å². The van der Waals surface area contributed by atoms with Gasteiger partial charge < -0.3 is 10.2 Å². The average Bonchev–Trinajstić information content (AvgIpc) is 2.73. The molecular formula is C13H17F3N4O2. The van der Waals surface area contributed by atoms with Crippen LogP contribution in [-0.2, 0) is 11.8 Å². The number of hydrogen-bond acceptors (Lipinski definition) is 3. The molecule has 1 fully saturated rings. The van der Waals surface area contributed by atoms with Gasteiger partial charge in [0.2, 0.25) is 5.91 Å². The van der Waals surface area contributed by atoms with E-state index in [1.807, 2.05) is 5.32 Å². The van der Waals surface area contributed by atoms with Crippen molar-refractivity contribution in [1.82, 2.24) is 20.0 Å². The Balaban J connectivity index is 2.09. The first-order valence-electron chi connectivity index (χ1n) is 6.72. The van der Waals surface area contributed by atoms with Gasteiger partial charge in [-0.2, -0.15) is 18.3 Å². The number of aryl methyl sites for hydroxylation is 2. The molecule has 0 saturated carbocycles. The van der Waals surface area contributed by atoms with Crippen LogP contribution in [0.5, 0.6) is 0 Å². The van der Waals surface area contributed by atoms with E-state index in [-0.39, 0.29) is 5.69 Å². The predicted octanol–water partition coefficient (Wildman–Crippen LogP) is 1.01. The summed E-state index contributed by atoms with van der Waals surface area (Å²) >= 11 is 0. The van der Waals surface area contributed by atoms with Crippen LogP contribution in [0.25, 0.3) is 0 Å². The Bertz CT molecular complexity index is 591. The fourth-order valence-electron chi connectivity index (χ4n) is 2.30. The molecule has 0 aromatic carbocycles. The highest BCUT2D eigenvalue weighted by atomic mass is 19.4. The van der Waals surface area contributed by atoms with Gasteiger partial charge in [-0.3, -0.25) is 14.3 Å². The number of nitrogens with one attached hydrogen (secondary N) is 1. The molecule has 1 aliphatic rings. The third-order valence-electron chi connectivity index (χ3n) is 3.93. The molecule has 1 N–H and O–H groups in total. The van der Waals surface area contributed by atoms with Gasteiger partial charge in [0.25, 0.3) is 5.91 Å². The summed E-state index contributed by atoms with van der Waals surface area (Å²) in [5, 5.41) is 5.87. The van der Waals surface area contributed by atoms with Crippen molar-refractivity contribution in [2.45, 2.75) is 32.0 Å². The molecule has 6 nitrogen and oxygen atoms in total. The van der Waals surface area contributed by atoms with Gasteiger partial charge >= 0.3 is 6.18 Å². The molecule has 0 aliphatic carbocycles. The van der Waals surface area contributed by atoms with Gasteiger partial charge in [0.1, 0.15) is 12.1 Å². The monoisotopic (exact) mass is 318 g/mol. The summed E-state index contributed by atoms with van der Waals surface area (Å²) in [4.78, 5) is 25.6. The minimum atomic E-state index is -4.48. The van der Waals surface area contributed by atoms with E-state index in [2.05, 4.69) is 5.10 Å². The zero-order chi connectivity index (χ0) is 16.7. The molecule has 1 unspecified atom stereocenters. The first-order valence-corrected chi connectivity index (χ1v) is 6.72. The third kappa shape index (κ3) is 2.93. The largest absolute Gasteiger partial charge is 0.405 e. The van der Waals surface area contributed by atoms with Gasteiger partial charge in [-0.25, -0.2) is 0 Å². The van der Waals surface area contributed by atoms with Crippen molar-refractivity contribution in [3.05, 3.63) is 17.5 Å². The molecule has 9 heteroatoms. The van der Waals surface area contributed by atoms with E-state index in [9.17, 15) is 22.8 Å². The maximum atomic E-state index is 12.4. The van der Waals surface area contributed by atoms with Crippen LogP contribution in [0.3, 0.4) is 0 Å². The fourth-order valence-corrected chi connectivity index (χ4v) is 2.30. The Labute approximate surface area is 125 Å². The zero-order valence-corrected chi connectivity index (χ0v) is 12.5. The molecule has 1 aromatic rings. The second kappa shape index (κ2) is 5.29. The van der Waals surface area contributed by atoms with E-state index >= 15 is 0 Å². The Hall–Kier alpha value is -2.06. The molecule has 2 rings (SSSR count). The predicted molar refractivity (Wildman–Crippen MR) is 71.1 cm³/mol. The molecule has 1 atom stereocenters. The van der Waals surface area contributed by atoms with Gasteiger partial charge in [-0.1, -0.05) is 0 Å². The van der Waals surface area contributed by atoms with Gasteiger partial charge in [0.05, 0.1) is 0 Å². The van der Waals surface area contributed by atoms with Crippen molar-refractivity contribution in [3.63, 3.8) is 0 Å². The maximum absolute atomic E-state index is 12.4. The van der Waals surface area contributed by atoms with Crippen LogP contribution in [0.4, 0.5) is 13.2 Å². The number of alkyl halides is 3. The highest BCUT2D eigenvalue weighted by Crippen LogP contribution is 2.32. The smallest absolute Gasteiger partial charge is 0.345 e. The van der Waals surface area contributed by atoms with Crippen LogP contribution in [0, 0.1) is 6.92 Å². The number of halogens is 3. The van der Waals surface area contributed by atoms with Crippen LogP contribution in [0.15, 0.2) is 6.07 Å². The number of hydrogen-bond donors (Lipinski definition) is 1. The van der Waals surface area contributed by atoms with Crippen LogP contribution in [0.1, 0.15) is 29.5 Å². The summed E-state index contributed by atoms with van der Waals surface area (Å²) in [6, 6.07) is 1.58. The summed E-state index contributed by atoms with van der Waals surface area (Å²) in [7, 11) is 1.68. The summed E-state index contributed by atoms with van der Waals surface area (Å²) in [6.07, 6.45) is -4.17. The molecule has 22 heavy (non-hydrogen) atoms. The summed E-state index contributed by atoms with van der Waals surface area (Å²) in [5.74, 6) is -1.27. The van der Waals surface area contributed by atoms with Gasteiger partial charge in [-0.15, -0.1) is 0 Å². The molecule has 1 aliphatic heterocycles. The van der Waals surface area contributed by atoms with Crippen molar-refractivity contribution < 1.29 is 22.8 Å². The quantitative estimate of drug-likeness (QED) is 0.904. The number of likely N-dealkylation sites (tertiary alicyclic amines) is 1. The summed E-state index contributed by atoms with van der Waals surface area (Å²) in [5.41, 5.74) is -0.324. The zero-order valence-electron chi connectivity index (χ0n) is 12.5. The Morgan fingerprint density at radius 2 is 2.09 bits per heavy atom. The van der Waals surface area contributed by atoms with Crippen LogP contribution in [-0.4, -0.2) is 51.3 Å². The Morgan fingerprint density at radius 1 is 1.45 bits per heavy atom. The topological polar surface area (TPSA) is 67.2 Å². The van der Waals surface area contributed by atoms with E-state index < -0.39 is 30.1 Å². The molecule has 0 bridgehead atoms. The van der Waals surface area contributed by atoms with E-state index in [4.69, 9.17) is 0 Å². The van der Waals surface area contributed by atoms with Crippen LogP contribution < -0.4 is 5.32 Å². The minimum absolute atomic E-state index is 0.176. The van der Waals surface area contributed by atoms with Crippen molar-refractivity contribution >= 4 is 11.8 Å². The lowest BCUT2D eigenvalue weighted by molar-refractivity contribution is -0.149. The lowest BCUT2D eigenvalue weighted by atomic mass is 9.85. The SMILES string of the molecule is Cc1cc(C(=O)N2CCC2(C)C(=O)NCC(F)(F)F)nn1C. The normalized spacial score (nSPS) is 21.5. The van der Waals surface area contributed by atoms with Crippen molar-refractivity contribution in [2.24, 2.45) is 7.05 Å². The number of amides is 2. The number of carbonyl (C=O) groups excluding carboxylic acids is 2. The van der Waals surface area contributed by atoms with Gasteiger partial charge in [0, 0.05) is 19.3 Å². The van der Waals surface area contributed by atoms with Crippen molar-refractivity contribution in [3.8, 4) is 0 Å². The molecule has 122 valence electrons. The molecule has 1 saturated heterocycles. The number of rotatable bonds is 3.